The smallest absolute Gasteiger partial charge is 0.249 e. The molecule has 0 saturated heterocycles. The van der Waals surface area contributed by atoms with Crippen molar-refractivity contribution in [1.82, 2.24) is 0 Å². The average Bonchev–Trinajstić information content (AvgIpc) is 2.43. The third-order valence-corrected chi connectivity index (χ3v) is 3.35. The van der Waals surface area contributed by atoms with Crippen molar-refractivity contribution >= 4 is 11.8 Å². The molecule has 1 heterocycles. The summed E-state index contributed by atoms with van der Waals surface area (Å²) in [5, 5.41) is 0. The molecule has 5 nitrogen and oxygen atoms in total. The van der Waals surface area contributed by atoms with Crippen molar-refractivity contribution in [3.63, 3.8) is 0 Å². The number of hydrogen-bond donors (Lipinski definition) is 2. The summed E-state index contributed by atoms with van der Waals surface area (Å²) in [6, 6.07) is 12.0. The van der Waals surface area contributed by atoms with Crippen LogP contribution in [0.2, 0.25) is 0 Å². The summed E-state index contributed by atoms with van der Waals surface area (Å²) in [7, 11) is 0. The van der Waals surface area contributed by atoms with E-state index in [4.69, 9.17) is 16.2 Å². The lowest BCUT2D eigenvalue weighted by Gasteiger charge is -2.27. The van der Waals surface area contributed by atoms with Gasteiger partial charge >= 0.3 is 0 Å². The summed E-state index contributed by atoms with van der Waals surface area (Å²) in [5.74, 6) is -0.903. The van der Waals surface area contributed by atoms with Crippen LogP contribution in [-0.2, 0) is 4.79 Å². The van der Waals surface area contributed by atoms with E-state index in [1.54, 1.807) is 42.5 Å². The fraction of sp³-hybridized carbons (Fsp3) is 0.0667. The quantitative estimate of drug-likeness (QED) is 0.864. The first-order valence-corrected chi connectivity index (χ1v) is 6.08. The van der Waals surface area contributed by atoms with Gasteiger partial charge in [-0.3, -0.25) is 9.59 Å². The summed E-state index contributed by atoms with van der Waals surface area (Å²) in [5.41, 5.74) is 12.2. The van der Waals surface area contributed by atoms with Crippen LogP contribution in [0.15, 0.2) is 42.5 Å². The molecule has 0 aliphatic carbocycles. The lowest BCUT2D eigenvalue weighted by atomic mass is 9.84. The van der Waals surface area contributed by atoms with Crippen molar-refractivity contribution in [3.8, 4) is 11.5 Å². The standard InChI is InChI=1S/C15H12N2O3/c16-14(18)9-5-3-7-11-12(9)13(15(17)19)8-4-1-2-6-10(8)20-11/h1-7,13H,(H2,16,18)(H2,17,19). The van der Waals surface area contributed by atoms with Crippen molar-refractivity contribution in [2.24, 2.45) is 11.5 Å². The number of rotatable bonds is 2. The first-order chi connectivity index (χ1) is 9.59. The average molecular weight is 268 g/mol. The maximum atomic E-state index is 11.9. The molecule has 2 aromatic rings. The minimum absolute atomic E-state index is 0.251. The Bertz CT molecular complexity index is 725. The number of fused-ring (bicyclic) bond motifs is 2. The van der Waals surface area contributed by atoms with E-state index in [1.165, 1.54) is 0 Å². The maximum absolute atomic E-state index is 11.9. The molecule has 0 spiro atoms. The van der Waals surface area contributed by atoms with Crippen molar-refractivity contribution in [3.05, 3.63) is 59.2 Å². The van der Waals surface area contributed by atoms with Gasteiger partial charge in [0, 0.05) is 16.7 Å². The van der Waals surface area contributed by atoms with Crippen LogP contribution >= 0.6 is 0 Å². The van der Waals surface area contributed by atoms with Gasteiger partial charge in [-0.05, 0) is 18.2 Å². The van der Waals surface area contributed by atoms with E-state index >= 15 is 0 Å². The zero-order chi connectivity index (χ0) is 14.3. The van der Waals surface area contributed by atoms with Gasteiger partial charge in [0.1, 0.15) is 11.5 Å². The normalized spacial score (nSPS) is 15.7. The Morgan fingerprint density at radius 2 is 1.65 bits per heavy atom. The Kier molecular flexibility index (Phi) is 2.68. The largest absolute Gasteiger partial charge is 0.457 e. The molecular formula is C15H12N2O3. The van der Waals surface area contributed by atoms with Gasteiger partial charge < -0.3 is 16.2 Å². The molecule has 100 valence electrons. The van der Waals surface area contributed by atoms with Crippen LogP contribution in [0.5, 0.6) is 11.5 Å². The lowest BCUT2D eigenvalue weighted by molar-refractivity contribution is -0.118. The van der Waals surface area contributed by atoms with Crippen LogP contribution in [0.1, 0.15) is 27.4 Å². The molecule has 1 atom stereocenters. The number of para-hydroxylation sites is 1. The summed E-state index contributed by atoms with van der Waals surface area (Å²) < 4.78 is 5.73. The topological polar surface area (TPSA) is 95.4 Å². The van der Waals surface area contributed by atoms with Gasteiger partial charge in [-0.15, -0.1) is 0 Å². The number of amides is 2. The van der Waals surface area contributed by atoms with E-state index in [9.17, 15) is 9.59 Å². The van der Waals surface area contributed by atoms with E-state index in [0.29, 0.717) is 22.6 Å². The Morgan fingerprint density at radius 1 is 0.950 bits per heavy atom. The first-order valence-electron chi connectivity index (χ1n) is 6.08. The zero-order valence-electron chi connectivity index (χ0n) is 10.5. The van der Waals surface area contributed by atoms with Gasteiger partial charge in [0.2, 0.25) is 11.8 Å². The summed E-state index contributed by atoms with van der Waals surface area (Å²) >= 11 is 0. The number of benzene rings is 2. The highest BCUT2D eigenvalue weighted by Gasteiger charge is 2.34. The second-order valence-corrected chi connectivity index (χ2v) is 4.56. The molecule has 0 aromatic heterocycles. The Balaban J connectivity index is 2.30. The van der Waals surface area contributed by atoms with Gasteiger partial charge in [-0.1, -0.05) is 24.3 Å². The minimum Gasteiger partial charge on any atom is -0.457 e. The minimum atomic E-state index is -0.737. The van der Waals surface area contributed by atoms with Crippen LogP contribution in [0.4, 0.5) is 0 Å². The highest BCUT2D eigenvalue weighted by Crippen LogP contribution is 2.45. The number of nitrogens with two attached hydrogens (primary N) is 2. The van der Waals surface area contributed by atoms with Crippen LogP contribution in [0.3, 0.4) is 0 Å². The first kappa shape index (κ1) is 12.2. The number of carbonyl (C=O) groups is 2. The second kappa shape index (κ2) is 4.38. The molecule has 4 N–H and O–H groups in total. The molecule has 3 rings (SSSR count). The van der Waals surface area contributed by atoms with Crippen LogP contribution in [0.25, 0.3) is 0 Å². The molecular weight excluding hydrogens is 256 g/mol. The van der Waals surface area contributed by atoms with E-state index in [2.05, 4.69) is 0 Å². The molecule has 2 amide bonds. The highest BCUT2D eigenvalue weighted by atomic mass is 16.5. The van der Waals surface area contributed by atoms with Gasteiger partial charge in [0.25, 0.3) is 0 Å². The number of hydrogen-bond acceptors (Lipinski definition) is 3. The number of carbonyl (C=O) groups excluding carboxylic acids is 2. The molecule has 5 heteroatoms. The van der Waals surface area contributed by atoms with Crippen molar-refractivity contribution < 1.29 is 14.3 Å². The SMILES string of the molecule is NC(=O)c1cccc2c1C(C(N)=O)c1ccccc1O2. The molecule has 2 aromatic carbocycles. The molecule has 1 unspecified atom stereocenters. The maximum Gasteiger partial charge on any atom is 0.249 e. The zero-order valence-corrected chi connectivity index (χ0v) is 10.5. The monoisotopic (exact) mass is 268 g/mol. The molecule has 0 bridgehead atoms. The summed E-state index contributed by atoms with van der Waals surface area (Å²) in [4.78, 5) is 23.4. The Hall–Kier alpha value is -2.82. The number of ether oxygens (including phenoxy) is 1. The Labute approximate surface area is 115 Å². The van der Waals surface area contributed by atoms with E-state index in [-0.39, 0.29) is 5.56 Å². The van der Waals surface area contributed by atoms with E-state index in [1.807, 2.05) is 0 Å². The highest BCUT2D eigenvalue weighted by molar-refractivity contribution is 5.99. The molecule has 0 radical (unpaired) electrons. The lowest BCUT2D eigenvalue weighted by Crippen LogP contribution is -2.28. The van der Waals surface area contributed by atoms with Crippen LogP contribution in [0, 0.1) is 0 Å². The van der Waals surface area contributed by atoms with Gasteiger partial charge in [0.15, 0.2) is 0 Å². The molecule has 20 heavy (non-hydrogen) atoms. The third kappa shape index (κ3) is 1.72. The van der Waals surface area contributed by atoms with E-state index in [0.717, 1.165) is 0 Å². The van der Waals surface area contributed by atoms with Gasteiger partial charge in [-0.2, -0.15) is 0 Å². The van der Waals surface area contributed by atoms with Crippen molar-refractivity contribution in [2.45, 2.75) is 5.92 Å². The van der Waals surface area contributed by atoms with E-state index < -0.39 is 17.7 Å². The summed E-state index contributed by atoms with van der Waals surface area (Å²) in [6.45, 7) is 0. The Morgan fingerprint density at radius 3 is 2.35 bits per heavy atom. The molecule has 0 fully saturated rings. The predicted octanol–water partition coefficient (Wildman–Crippen LogP) is 1.51. The number of primary amides is 2. The fourth-order valence-electron chi connectivity index (χ4n) is 2.53. The third-order valence-electron chi connectivity index (χ3n) is 3.35. The molecule has 1 aliphatic rings. The predicted molar refractivity (Wildman–Crippen MR) is 72.5 cm³/mol. The molecule has 1 aliphatic heterocycles. The fourth-order valence-corrected chi connectivity index (χ4v) is 2.53. The van der Waals surface area contributed by atoms with Crippen molar-refractivity contribution in [2.75, 3.05) is 0 Å². The van der Waals surface area contributed by atoms with Crippen LogP contribution < -0.4 is 16.2 Å². The second-order valence-electron chi connectivity index (χ2n) is 4.56. The van der Waals surface area contributed by atoms with Crippen LogP contribution in [-0.4, -0.2) is 11.8 Å². The summed E-state index contributed by atoms with van der Waals surface area (Å²) in [6.07, 6.45) is 0. The van der Waals surface area contributed by atoms with Gasteiger partial charge in [-0.25, -0.2) is 0 Å². The van der Waals surface area contributed by atoms with Gasteiger partial charge in [0.05, 0.1) is 5.92 Å². The van der Waals surface area contributed by atoms with Crippen molar-refractivity contribution in [1.29, 1.82) is 0 Å². The molecule has 0 saturated carbocycles.